The van der Waals surface area contributed by atoms with Crippen molar-refractivity contribution in [2.45, 2.75) is 38.0 Å². The second-order valence-electron chi connectivity index (χ2n) is 7.99. The van der Waals surface area contributed by atoms with Crippen LogP contribution in [-0.4, -0.2) is 30.9 Å². The summed E-state index contributed by atoms with van der Waals surface area (Å²) in [7, 11) is 1.92. The topological polar surface area (TPSA) is 88.5 Å². The minimum Gasteiger partial charge on any atom is -0.320 e. The number of anilines is 1. The largest absolute Gasteiger partial charge is 0.320 e. The maximum Gasteiger partial charge on any atom is 0.274 e. The molecule has 8 heteroatoms. The smallest absolute Gasteiger partial charge is 0.274 e. The number of aromatic nitrogens is 5. The Bertz CT molecular complexity index is 1190. The number of hydrogen-bond donors (Lipinski definition) is 2. The van der Waals surface area contributed by atoms with Gasteiger partial charge in [0, 0.05) is 36.1 Å². The van der Waals surface area contributed by atoms with Gasteiger partial charge in [0.1, 0.15) is 5.69 Å². The van der Waals surface area contributed by atoms with E-state index in [1.807, 2.05) is 36.1 Å². The van der Waals surface area contributed by atoms with Crippen molar-refractivity contribution in [3.63, 3.8) is 0 Å². The molecule has 160 valence electrons. The average Bonchev–Trinajstić information content (AvgIpc) is 3.43. The number of pyridine rings is 1. The van der Waals surface area contributed by atoms with Gasteiger partial charge in [-0.05, 0) is 48.6 Å². The number of carbonyl (C=O) groups is 1. The molecule has 5 rings (SSSR count). The highest BCUT2D eigenvalue weighted by Gasteiger charge is 2.21. The number of carbonyl (C=O) groups excluding carboxylic acids is 1. The molecule has 0 saturated heterocycles. The monoisotopic (exact) mass is 436 g/mol. The van der Waals surface area contributed by atoms with Crippen LogP contribution in [0.25, 0.3) is 22.2 Å². The fourth-order valence-corrected chi connectivity index (χ4v) is 4.37. The van der Waals surface area contributed by atoms with Gasteiger partial charge < -0.3 is 5.32 Å². The van der Waals surface area contributed by atoms with E-state index in [-0.39, 0.29) is 18.3 Å². The number of aryl methyl sites for hydroxylation is 1. The van der Waals surface area contributed by atoms with Crippen molar-refractivity contribution >= 4 is 34.9 Å². The molecule has 1 aromatic carbocycles. The first-order valence-corrected chi connectivity index (χ1v) is 10.4. The van der Waals surface area contributed by atoms with Gasteiger partial charge in [-0.1, -0.05) is 25.3 Å². The first-order valence-electron chi connectivity index (χ1n) is 10.4. The zero-order chi connectivity index (χ0) is 20.5. The van der Waals surface area contributed by atoms with E-state index in [1.54, 1.807) is 18.5 Å². The third-order valence-electron chi connectivity index (χ3n) is 5.86. The average molecular weight is 437 g/mol. The third kappa shape index (κ3) is 4.32. The summed E-state index contributed by atoms with van der Waals surface area (Å²) in [5, 5.41) is 15.5. The normalized spacial score (nSPS) is 14.4. The molecule has 1 saturated carbocycles. The van der Waals surface area contributed by atoms with Crippen molar-refractivity contribution in [3.05, 3.63) is 60.2 Å². The summed E-state index contributed by atoms with van der Waals surface area (Å²) >= 11 is 0. The number of rotatable bonds is 4. The van der Waals surface area contributed by atoms with Gasteiger partial charge in [0.25, 0.3) is 5.91 Å². The maximum atomic E-state index is 13.1. The summed E-state index contributed by atoms with van der Waals surface area (Å²) in [6, 6.07) is 9.65. The number of nitrogens with zero attached hydrogens (tertiary/aromatic N) is 4. The number of hydrogen-bond acceptors (Lipinski definition) is 4. The molecule has 1 aliphatic rings. The van der Waals surface area contributed by atoms with Crippen LogP contribution in [0.5, 0.6) is 0 Å². The molecule has 7 nitrogen and oxygen atoms in total. The number of nitrogens with one attached hydrogen (secondary N) is 2. The zero-order valence-electron chi connectivity index (χ0n) is 17.3. The van der Waals surface area contributed by atoms with Crippen molar-refractivity contribution in [3.8, 4) is 11.3 Å². The molecule has 1 fully saturated rings. The summed E-state index contributed by atoms with van der Waals surface area (Å²) in [6.07, 6.45) is 11.5. The van der Waals surface area contributed by atoms with Gasteiger partial charge in [0.05, 0.1) is 17.4 Å². The lowest BCUT2D eigenvalue weighted by Crippen LogP contribution is -2.16. The van der Waals surface area contributed by atoms with E-state index in [9.17, 15) is 4.79 Å². The molecule has 1 amide bonds. The van der Waals surface area contributed by atoms with Gasteiger partial charge in [-0.15, -0.1) is 12.4 Å². The lowest BCUT2D eigenvalue weighted by molar-refractivity contribution is 0.102. The van der Waals surface area contributed by atoms with Crippen LogP contribution in [0.15, 0.2) is 48.9 Å². The van der Waals surface area contributed by atoms with Crippen LogP contribution in [-0.2, 0) is 7.05 Å². The van der Waals surface area contributed by atoms with E-state index in [0.717, 1.165) is 35.0 Å². The highest BCUT2D eigenvalue weighted by molar-refractivity contribution is 6.04. The number of halogens is 1. The minimum absolute atomic E-state index is 0. The third-order valence-corrected chi connectivity index (χ3v) is 5.86. The summed E-state index contributed by atoms with van der Waals surface area (Å²) in [5.41, 5.74) is 4.96. The SMILES string of the molecule is Cl.Cn1cc2cc(NC(=O)c3cccc(-c4cn[nH]c4)n3)c(C3CCCCC3)cc2n1. The van der Waals surface area contributed by atoms with Gasteiger partial charge >= 0.3 is 0 Å². The van der Waals surface area contributed by atoms with Crippen molar-refractivity contribution < 1.29 is 4.79 Å². The number of benzene rings is 1. The fourth-order valence-electron chi connectivity index (χ4n) is 4.37. The standard InChI is InChI=1S/C23H24N6O.ClH/c1-29-14-16-10-22(18(11-21(16)28-29)15-6-3-2-4-7-15)27-23(30)20-9-5-8-19(26-20)17-12-24-25-13-17;/h5,8-15H,2-4,6-7H2,1H3,(H,24,25)(H,27,30);1H. The Morgan fingerprint density at radius 2 is 2.03 bits per heavy atom. The van der Waals surface area contributed by atoms with E-state index in [2.05, 4.69) is 31.7 Å². The second kappa shape index (κ2) is 8.89. The molecule has 4 aromatic rings. The molecule has 0 atom stereocenters. The Balaban J connectivity index is 0.00000231. The van der Waals surface area contributed by atoms with Crippen LogP contribution in [0, 0.1) is 0 Å². The summed E-state index contributed by atoms with van der Waals surface area (Å²) < 4.78 is 1.82. The van der Waals surface area contributed by atoms with E-state index in [4.69, 9.17) is 0 Å². The Kier molecular flexibility index (Phi) is 6.04. The first-order chi connectivity index (χ1) is 14.7. The van der Waals surface area contributed by atoms with Crippen LogP contribution in [0.1, 0.15) is 54.1 Å². The lowest BCUT2D eigenvalue weighted by atomic mass is 9.83. The molecule has 3 aromatic heterocycles. The van der Waals surface area contributed by atoms with E-state index in [1.165, 1.54) is 24.8 Å². The van der Waals surface area contributed by atoms with Gasteiger partial charge in [-0.3, -0.25) is 14.6 Å². The number of amides is 1. The van der Waals surface area contributed by atoms with Crippen LogP contribution in [0.3, 0.4) is 0 Å². The van der Waals surface area contributed by atoms with Crippen LogP contribution in [0.4, 0.5) is 5.69 Å². The van der Waals surface area contributed by atoms with Crippen LogP contribution >= 0.6 is 12.4 Å². The number of H-pyrrole nitrogens is 1. The van der Waals surface area contributed by atoms with Gasteiger partial charge in [0.2, 0.25) is 0 Å². The number of fused-ring (bicyclic) bond motifs is 1. The second-order valence-corrected chi connectivity index (χ2v) is 7.99. The van der Waals surface area contributed by atoms with Crippen molar-refractivity contribution in [1.29, 1.82) is 0 Å². The Morgan fingerprint density at radius 1 is 1.19 bits per heavy atom. The number of aromatic amines is 1. The van der Waals surface area contributed by atoms with Crippen molar-refractivity contribution in [2.75, 3.05) is 5.32 Å². The maximum absolute atomic E-state index is 13.1. The molecular weight excluding hydrogens is 412 g/mol. The van der Waals surface area contributed by atoms with E-state index >= 15 is 0 Å². The minimum atomic E-state index is -0.208. The molecule has 3 heterocycles. The molecular formula is C23H25ClN6O. The molecule has 0 spiro atoms. The van der Waals surface area contributed by atoms with Gasteiger partial charge in [-0.25, -0.2) is 4.98 Å². The van der Waals surface area contributed by atoms with Gasteiger partial charge in [0.15, 0.2) is 0 Å². The predicted molar refractivity (Wildman–Crippen MR) is 124 cm³/mol. The molecule has 0 radical (unpaired) electrons. The Labute approximate surface area is 186 Å². The van der Waals surface area contributed by atoms with Crippen LogP contribution in [0.2, 0.25) is 0 Å². The molecule has 2 N–H and O–H groups in total. The molecule has 0 aliphatic heterocycles. The summed E-state index contributed by atoms with van der Waals surface area (Å²) in [6.45, 7) is 0. The highest BCUT2D eigenvalue weighted by Crippen LogP contribution is 2.38. The highest BCUT2D eigenvalue weighted by atomic mass is 35.5. The Hall–Kier alpha value is -3.19. The molecule has 1 aliphatic carbocycles. The molecule has 0 unspecified atom stereocenters. The zero-order valence-corrected chi connectivity index (χ0v) is 18.2. The predicted octanol–water partition coefficient (Wildman–Crippen LogP) is 5.08. The quantitative estimate of drug-likeness (QED) is 0.466. The Morgan fingerprint density at radius 3 is 2.81 bits per heavy atom. The van der Waals surface area contributed by atoms with Gasteiger partial charge in [-0.2, -0.15) is 10.2 Å². The fraction of sp³-hybridized carbons (Fsp3) is 0.304. The van der Waals surface area contributed by atoms with Crippen LogP contribution < -0.4 is 5.32 Å². The van der Waals surface area contributed by atoms with Crippen molar-refractivity contribution in [2.24, 2.45) is 7.05 Å². The summed E-state index contributed by atoms with van der Waals surface area (Å²) in [5.74, 6) is 0.242. The lowest BCUT2D eigenvalue weighted by Gasteiger charge is -2.24. The van der Waals surface area contributed by atoms with E-state index in [0.29, 0.717) is 17.3 Å². The molecule has 31 heavy (non-hydrogen) atoms. The first kappa shape index (κ1) is 21.1. The van der Waals surface area contributed by atoms with E-state index < -0.39 is 0 Å². The van der Waals surface area contributed by atoms with Crippen molar-refractivity contribution in [1.82, 2.24) is 25.0 Å². The summed E-state index contributed by atoms with van der Waals surface area (Å²) in [4.78, 5) is 17.6. The molecule has 0 bridgehead atoms.